The third kappa shape index (κ3) is 3.47. The molecule has 0 aliphatic carbocycles. The van der Waals surface area contributed by atoms with Crippen LogP contribution in [-0.2, 0) is 22.6 Å². The lowest BCUT2D eigenvalue weighted by molar-refractivity contribution is -0.158. The zero-order chi connectivity index (χ0) is 23.2. The second kappa shape index (κ2) is 8.33. The maximum absolute atomic E-state index is 13.7. The SMILES string of the molecule is O=C1[C@@H]2Cc3c([nH]c4ccccc34)[C@H](c3ccc(Cl)cc3)N2C(=O)CN1CCCn1ccnc1. The van der Waals surface area contributed by atoms with Crippen LogP contribution in [0.1, 0.15) is 29.3 Å². The maximum atomic E-state index is 13.7. The van der Waals surface area contributed by atoms with Gasteiger partial charge in [0.15, 0.2) is 0 Å². The summed E-state index contributed by atoms with van der Waals surface area (Å²) in [7, 11) is 0. The van der Waals surface area contributed by atoms with Crippen LogP contribution >= 0.6 is 11.6 Å². The van der Waals surface area contributed by atoms with E-state index in [0.717, 1.165) is 40.7 Å². The van der Waals surface area contributed by atoms with Crippen LogP contribution in [0.3, 0.4) is 0 Å². The van der Waals surface area contributed by atoms with Gasteiger partial charge in [-0.2, -0.15) is 0 Å². The van der Waals surface area contributed by atoms with Gasteiger partial charge in [-0.3, -0.25) is 9.59 Å². The number of hydrogen-bond donors (Lipinski definition) is 1. The van der Waals surface area contributed by atoms with Gasteiger partial charge in [0.2, 0.25) is 11.8 Å². The molecule has 2 amide bonds. The van der Waals surface area contributed by atoms with Crippen molar-refractivity contribution in [2.24, 2.45) is 0 Å². The molecule has 1 fully saturated rings. The van der Waals surface area contributed by atoms with Crippen molar-refractivity contribution in [3.8, 4) is 0 Å². The molecule has 34 heavy (non-hydrogen) atoms. The number of hydrogen-bond acceptors (Lipinski definition) is 3. The smallest absolute Gasteiger partial charge is 0.246 e. The van der Waals surface area contributed by atoms with Crippen molar-refractivity contribution in [3.05, 3.63) is 89.1 Å². The zero-order valence-corrected chi connectivity index (χ0v) is 19.3. The number of aromatic amines is 1. The standard InChI is InChI=1S/C26H24ClN5O2/c27-18-8-6-17(7-9-18)25-24-20(19-4-1-2-5-21(19)29-24)14-22-26(34)31(15-23(33)32(22)25)12-3-11-30-13-10-28-16-30/h1-2,4-10,13,16,22,25,29H,3,11-12,14-15H2/t22-,25-/m0/s1. The lowest BCUT2D eigenvalue weighted by Gasteiger charge is -2.47. The quantitative estimate of drug-likeness (QED) is 0.479. The highest BCUT2D eigenvalue weighted by molar-refractivity contribution is 6.30. The third-order valence-corrected chi connectivity index (χ3v) is 7.18. The van der Waals surface area contributed by atoms with E-state index in [4.69, 9.17) is 11.6 Å². The molecule has 2 atom stereocenters. The van der Waals surface area contributed by atoms with E-state index < -0.39 is 6.04 Å². The molecule has 2 aliphatic rings. The Balaban J connectivity index is 1.37. The molecule has 0 bridgehead atoms. The first-order chi connectivity index (χ1) is 16.6. The maximum Gasteiger partial charge on any atom is 0.246 e. The summed E-state index contributed by atoms with van der Waals surface area (Å²) in [4.78, 5) is 38.3. The second-order valence-electron chi connectivity index (χ2n) is 8.95. The predicted molar refractivity (Wildman–Crippen MR) is 129 cm³/mol. The van der Waals surface area contributed by atoms with E-state index >= 15 is 0 Å². The van der Waals surface area contributed by atoms with E-state index in [1.807, 2.05) is 53.2 Å². The molecule has 2 aliphatic heterocycles. The Hall–Kier alpha value is -3.58. The Morgan fingerprint density at radius 1 is 1.06 bits per heavy atom. The molecule has 2 aromatic heterocycles. The summed E-state index contributed by atoms with van der Waals surface area (Å²) in [6.45, 7) is 1.39. The molecule has 4 aromatic rings. The lowest BCUT2D eigenvalue weighted by Crippen LogP contribution is -2.63. The minimum Gasteiger partial charge on any atom is -0.356 e. The van der Waals surface area contributed by atoms with Crippen LogP contribution in [0.15, 0.2) is 67.3 Å². The van der Waals surface area contributed by atoms with Gasteiger partial charge < -0.3 is 19.4 Å². The molecule has 2 aromatic carbocycles. The van der Waals surface area contributed by atoms with Gasteiger partial charge in [0.25, 0.3) is 0 Å². The first kappa shape index (κ1) is 21.0. The molecule has 0 radical (unpaired) electrons. The number of aromatic nitrogens is 3. The van der Waals surface area contributed by atoms with Gasteiger partial charge in [-0.1, -0.05) is 41.9 Å². The Kier molecular flexibility index (Phi) is 5.14. The number of H-pyrrole nitrogens is 1. The summed E-state index contributed by atoms with van der Waals surface area (Å²) >= 11 is 6.15. The summed E-state index contributed by atoms with van der Waals surface area (Å²) in [5.41, 5.74) is 4.05. The highest BCUT2D eigenvalue weighted by Crippen LogP contribution is 2.42. The van der Waals surface area contributed by atoms with Crippen LogP contribution in [-0.4, -0.2) is 55.3 Å². The number of para-hydroxylation sites is 1. The number of nitrogens with one attached hydrogen (secondary N) is 1. The summed E-state index contributed by atoms with van der Waals surface area (Å²) in [5, 5.41) is 1.74. The molecule has 0 unspecified atom stereocenters. The van der Waals surface area contributed by atoms with Crippen molar-refractivity contribution >= 4 is 34.3 Å². The minimum atomic E-state index is -0.526. The Bertz CT molecular complexity index is 1360. The third-order valence-electron chi connectivity index (χ3n) is 6.93. The average Bonchev–Trinajstić information content (AvgIpc) is 3.49. The summed E-state index contributed by atoms with van der Waals surface area (Å²) in [6.07, 6.45) is 6.68. The fourth-order valence-electron chi connectivity index (χ4n) is 5.37. The van der Waals surface area contributed by atoms with Crippen LogP contribution in [0.2, 0.25) is 5.02 Å². The van der Waals surface area contributed by atoms with Crippen LogP contribution in [0.25, 0.3) is 10.9 Å². The minimum absolute atomic E-state index is 0.0140. The number of benzene rings is 2. The molecule has 172 valence electrons. The summed E-state index contributed by atoms with van der Waals surface area (Å²) in [5.74, 6) is -0.0170. The zero-order valence-electron chi connectivity index (χ0n) is 18.5. The number of halogens is 1. The summed E-state index contributed by atoms with van der Waals surface area (Å²) < 4.78 is 1.98. The average molecular weight is 474 g/mol. The van der Waals surface area contributed by atoms with Gasteiger partial charge in [-0.15, -0.1) is 0 Å². The molecule has 1 saturated heterocycles. The van der Waals surface area contributed by atoms with E-state index in [9.17, 15) is 9.59 Å². The Labute approximate surface area is 201 Å². The molecule has 8 heteroatoms. The van der Waals surface area contributed by atoms with Crippen LogP contribution in [0.5, 0.6) is 0 Å². The number of piperazine rings is 1. The van der Waals surface area contributed by atoms with Gasteiger partial charge in [-0.05, 0) is 35.7 Å². The highest BCUT2D eigenvalue weighted by atomic mass is 35.5. The van der Waals surface area contributed by atoms with Crippen LogP contribution in [0, 0.1) is 0 Å². The molecule has 7 nitrogen and oxygen atoms in total. The topological polar surface area (TPSA) is 74.2 Å². The predicted octanol–water partition coefficient (Wildman–Crippen LogP) is 3.79. The largest absolute Gasteiger partial charge is 0.356 e. The Morgan fingerprint density at radius 3 is 2.68 bits per heavy atom. The van der Waals surface area contributed by atoms with E-state index in [1.54, 1.807) is 22.3 Å². The molecular formula is C26H24ClN5O2. The van der Waals surface area contributed by atoms with E-state index in [2.05, 4.69) is 16.0 Å². The van der Waals surface area contributed by atoms with E-state index in [1.165, 1.54) is 0 Å². The van der Waals surface area contributed by atoms with Crippen molar-refractivity contribution in [2.75, 3.05) is 13.1 Å². The van der Waals surface area contributed by atoms with Gasteiger partial charge >= 0.3 is 0 Å². The van der Waals surface area contributed by atoms with Crippen LogP contribution in [0.4, 0.5) is 0 Å². The van der Waals surface area contributed by atoms with Gasteiger partial charge in [0.05, 0.1) is 18.9 Å². The van der Waals surface area contributed by atoms with Crippen molar-refractivity contribution < 1.29 is 9.59 Å². The number of nitrogens with zero attached hydrogens (tertiary/aromatic N) is 4. The lowest BCUT2D eigenvalue weighted by atomic mass is 9.86. The number of fused-ring (bicyclic) bond motifs is 4. The van der Waals surface area contributed by atoms with E-state index in [0.29, 0.717) is 18.0 Å². The number of amides is 2. The number of imidazole rings is 1. The molecular weight excluding hydrogens is 450 g/mol. The molecule has 6 rings (SSSR count). The number of carbonyl (C=O) groups excluding carboxylic acids is 2. The fraction of sp³-hybridized carbons (Fsp3) is 0.269. The number of aryl methyl sites for hydroxylation is 1. The first-order valence-electron chi connectivity index (χ1n) is 11.5. The van der Waals surface area contributed by atoms with E-state index in [-0.39, 0.29) is 24.4 Å². The van der Waals surface area contributed by atoms with Gasteiger partial charge in [-0.25, -0.2) is 4.98 Å². The number of carbonyl (C=O) groups is 2. The molecule has 4 heterocycles. The molecule has 1 N–H and O–H groups in total. The first-order valence-corrected chi connectivity index (χ1v) is 11.9. The van der Waals surface area contributed by atoms with Crippen molar-refractivity contribution in [1.82, 2.24) is 24.3 Å². The number of rotatable bonds is 5. The van der Waals surface area contributed by atoms with Gasteiger partial charge in [0.1, 0.15) is 6.04 Å². The fourth-order valence-corrected chi connectivity index (χ4v) is 5.49. The van der Waals surface area contributed by atoms with Crippen molar-refractivity contribution in [2.45, 2.75) is 31.5 Å². The highest BCUT2D eigenvalue weighted by Gasteiger charge is 2.48. The molecule has 0 spiro atoms. The summed E-state index contributed by atoms with van der Waals surface area (Å²) in [6, 6.07) is 14.8. The van der Waals surface area contributed by atoms with Crippen molar-refractivity contribution in [1.29, 1.82) is 0 Å². The monoisotopic (exact) mass is 473 g/mol. The van der Waals surface area contributed by atoms with Gasteiger partial charge in [0, 0.05) is 53.5 Å². The van der Waals surface area contributed by atoms with Crippen LogP contribution < -0.4 is 0 Å². The van der Waals surface area contributed by atoms with Crippen molar-refractivity contribution in [3.63, 3.8) is 0 Å². The normalized spacial score (nSPS) is 20.0. The Morgan fingerprint density at radius 2 is 1.88 bits per heavy atom. The second-order valence-corrected chi connectivity index (χ2v) is 9.39. The molecule has 0 saturated carbocycles.